The Bertz CT molecular complexity index is 615. The molecule has 166 valence electrons. The minimum absolute atomic E-state index is 0. The minimum Gasteiger partial charge on any atom is -0.356 e. The van der Waals surface area contributed by atoms with Crippen molar-refractivity contribution >= 4 is 29.9 Å². The van der Waals surface area contributed by atoms with E-state index in [0.717, 1.165) is 24.5 Å². The van der Waals surface area contributed by atoms with Crippen LogP contribution in [0.25, 0.3) is 0 Å². The van der Waals surface area contributed by atoms with Crippen molar-refractivity contribution in [1.29, 1.82) is 0 Å². The third kappa shape index (κ3) is 9.17. The highest BCUT2D eigenvalue weighted by Gasteiger charge is 2.21. The number of guanidine groups is 1. The molecule has 1 saturated heterocycles. The molecule has 0 saturated carbocycles. The Kier molecular flexibility index (Phi) is 12.1. The van der Waals surface area contributed by atoms with Gasteiger partial charge in [-0.3, -0.25) is 4.99 Å². The molecule has 29 heavy (non-hydrogen) atoms. The van der Waals surface area contributed by atoms with E-state index < -0.39 is 0 Å². The van der Waals surface area contributed by atoms with Crippen LogP contribution in [0.4, 0.5) is 4.39 Å². The molecule has 0 aromatic heterocycles. The highest BCUT2D eigenvalue weighted by Crippen LogP contribution is 2.22. The number of nitrogens with one attached hydrogen (secondary N) is 2. The maximum absolute atomic E-state index is 13.5. The average molecular weight is 519 g/mol. The fourth-order valence-electron chi connectivity index (χ4n) is 3.53. The molecule has 0 bridgehead atoms. The van der Waals surface area contributed by atoms with Crippen LogP contribution in [0.15, 0.2) is 29.3 Å². The molecule has 0 atom stereocenters. The van der Waals surface area contributed by atoms with E-state index in [1.165, 1.54) is 51.8 Å². The fourth-order valence-corrected chi connectivity index (χ4v) is 3.53. The van der Waals surface area contributed by atoms with Gasteiger partial charge in [-0.25, -0.2) is 4.39 Å². The highest BCUT2D eigenvalue weighted by molar-refractivity contribution is 14.0. The molecule has 1 aliphatic rings. The van der Waals surface area contributed by atoms with Crippen LogP contribution in [0.5, 0.6) is 0 Å². The number of nitrogens with zero attached hydrogens (tertiary/aromatic N) is 3. The summed E-state index contributed by atoms with van der Waals surface area (Å²) in [5.74, 6) is 0.616. The maximum atomic E-state index is 13.5. The second kappa shape index (κ2) is 13.4. The molecule has 1 aliphatic heterocycles. The normalized spacial score (nSPS) is 16.4. The Labute approximate surface area is 193 Å². The number of unbranched alkanes of at least 4 members (excludes halogenated alkanes) is 1. The lowest BCUT2D eigenvalue weighted by Crippen LogP contribution is -2.46. The molecule has 7 heteroatoms. The van der Waals surface area contributed by atoms with Crippen LogP contribution in [0.1, 0.15) is 39.2 Å². The second-order valence-corrected chi connectivity index (χ2v) is 8.23. The average Bonchev–Trinajstić information content (AvgIpc) is 2.70. The number of benzene rings is 1. The SMILES string of the molecule is CCN1CCN(CCCCNC(=NC)NCC(C)(C)c2cccc(F)c2)CC1.I. The molecule has 1 aromatic rings. The van der Waals surface area contributed by atoms with Crippen molar-refractivity contribution in [3.63, 3.8) is 0 Å². The van der Waals surface area contributed by atoms with Gasteiger partial charge in [0.1, 0.15) is 5.82 Å². The Morgan fingerprint density at radius 1 is 1.10 bits per heavy atom. The van der Waals surface area contributed by atoms with Crippen molar-refractivity contribution in [3.05, 3.63) is 35.6 Å². The monoisotopic (exact) mass is 519 g/mol. The zero-order valence-corrected chi connectivity index (χ0v) is 20.8. The van der Waals surface area contributed by atoms with Crippen LogP contribution < -0.4 is 10.6 Å². The van der Waals surface area contributed by atoms with E-state index >= 15 is 0 Å². The molecule has 0 amide bonds. The second-order valence-electron chi connectivity index (χ2n) is 8.23. The van der Waals surface area contributed by atoms with E-state index in [-0.39, 0.29) is 35.2 Å². The van der Waals surface area contributed by atoms with Gasteiger partial charge in [-0.1, -0.05) is 32.9 Å². The highest BCUT2D eigenvalue weighted by atomic mass is 127. The summed E-state index contributed by atoms with van der Waals surface area (Å²) >= 11 is 0. The molecule has 2 N–H and O–H groups in total. The van der Waals surface area contributed by atoms with E-state index in [1.54, 1.807) is 19.2 Å². The van der Waals surface area contributed by atoms with Crippen LogP contribution in [0.3, 0.4) is 0 Å². The van der Waals surface area contributed by atoms with Gasteiger partial charge in [-0.2, -0.15) is 0 Å². The van der Waals surface area contributed by atoms with Gasteiger partial charge in [0.05, 0.1) is 0 Å². The van der Waals surface area contributed by atoms with E-state index in [2.05, 4.69) is 46.2 Å². The van der Waals surface area contributed by atoms with Crippen LogP contribution in [-0.2, 0) is 5.41 Å². The predicted molar refractivity (Wildman–Crippen MR) is 132 cm³/mol. The maximum Gasteiger partial charge on any atom is 0.191 e. The first-order chi connectivity index (χ1) is 13.4. The Hall–Kier alpha value is -0.930. The number of rotatable bonds is 9. The third-order valence-corrected chi connectivity index (χ3v) is 5.63. The molecule has 0 radical (unpaired) electrons. The number of hydrogen-bond donors (Lipinski definition) is 2. The molecule has 0 unspecified atom stereocenters. The van der Waals surface area contributed by atoms with Gasteiger partial charge in [0, 0.05) is 51.7 Å². The van der Waals surface area contributed by atoms with Gasteiger partial charge in [0.2, 0.25) is 0 Å². The number of likely N-dealkylation sites (N-methyl/N-ethyl adjacent to an activating group) is 1. The summed E-state index contributed by atoms with van der Waals surface area (Å²) in [7, 11) is 1.79. The molecule has 1 heterocycles. The lowest BCUT2D eigenvalue weighted by Gasteiger charge is -2.34. The Morgan fingerprint density at radius 3 is 2.41 bits per heavy atom. The number of hydrogen-bond acceptors (Lipinski definition) is 3. The van der Waals surface area contributed by atoms with Gasteiger partial charge in [0.25, 0.3) is 0 Å². The Balaban J connectivity index is 0.00000420. The fraction of sp³-hybridized carbons (Fsp3) is 0.682. The van der Waals surface area contributed by atoms with Crippen molar-refractivity contribution in [2.45, 2.75) is 39.0 Å². The number of piperazine rings is 1. The number of aliphatic imine (C=N–C) groups is 1. The minimum atomic E-state index is -0.191. The first kappa shape index (κ1) is 26.1. The molecule has 1 aromatic carbocycles. The van der Waals surface area contributed by atoms with E-state index in [1.807, 2.05) is 6.07 Å². The summed E-state index contributed by atoms with van der Waals surface area (Å²) in [6.45, 7) is 15.2. The summed E-state index contributed by atoms with van der Waals surface area (Å²) in [6, 6.07) is 6.83. The molecular weight excluding hydrogens is 480 g/mol. The lowest BCUT2D eigenvalue weighted by atomic mass is 9.84. The van der Waals surface area contributed by atoms with E-state index in [0.29, 0.717) is 6.54 Å². The van der Waals surface area contributed by atoms with Crippen molar-refractivity contribution in [2.24, 2.45) is 4.99 Å². The summed E-state index contributed by atoms with van der Waals surface area (Å²) in [5.41, 5.74) is 0.805. The van der Waals surface area contributed by atoms with E-state index in [9.17, 15) is 4.39 Å². The topological polar surface area (TPSA) is 42.9 Å². The van der Waals surface area contributed by atoms with Gasteiger partial charge >= 0.3 is 0 Å². The van der Waals surface area contributed by atoms with E-state index in [4.69, 9.17) is 0 Å². The largest absolute Gasteiger partial charge is 0.356 e. The quantitative estimate of drug-likeness (QED) is 0.228. The van der Waals surface area contributed by atoms with Crippen LogP contribution in [0, 0.1) is 5.82 Å². The number of halogens is 2. The van der Waals surface area contributed by atoms with Crippen molar-refractivity contribution in [3.8, 4) is 0 Å². The van der Waals surface area contributed by atoms with Crippen LogP contribution in [0.2, 0.25) is 0 Å². The molecule has 5 nitrogen and oxygen atoms in total. The smallest absolute Gasteiger partial charge is 0.191 e. The first-order valence-corrected chi connectivity index (χ1v) is 10.6. The summed E-state index contributed by atoms with van der Waals surface area (Å²) in [6.07, 6.45) is 2.33. The van der Waals surface area contributed by atoms with Gasteiger partial charge in [0.15, 0.2) is 5.96 Å². The molecule has 0 spiro atoms. The standard InChI is InChI=1S/C22H38FN5.HI/c1-5-27-13-15-28(16-14-27)12-7-6-11-25-21(24-4)26-18-22(2,3)19-9-8-10-20(23)17-19;/h8-10,17H,5-7,11-16,18H2,1-4H3,(H2,24,25,26);1H. The zero-order chi connectivity index (χ0) is 20.4. The molecule has 2 rings (SSSR count). The zero-order valence-electron chi connectivity index (χ0n) is 18.5. The van der Waals surface area contributed by atoms with Crippen molar-refractivity contribution < 1.29 is 4.39 Å². The molecular formula is C22H39FIN5. The summed E-state index contributed by atoms with van der Waals surface area (Å²) < 4.78 is 13.5. The lowest BCUT2D eigenvalue weighted by molar-refractivity contribution is 0.136. The third-order valence-electron chi connectivity index (χ3n) is 5.63. The van der Waals surface area contributed by atoms with Crippen molar-refractivity contribution in [1.82, 2.24) is 20.4 Å². The van der Waals surface area contributed by atoms with Gasteiger partial charge in [-0.05, 0) is 43.6 Å². The Morgan fingerprint density at radius 2 is 1.79 bits per heavy atom. The van der Waals surface area contributed by atoms with Gasteiger partial charge in [-0.15, -0.1) is 24.0 Å². The summed E-state index contributed by atoms with van der Waals surface area (Å²) in [4.78, 5) is 9.40. The van der Waals surface area contributed by atoms with Crippen LogP contribution >= 0.6 is 24.0 Å². The van der Waals surface area contributed by atoms with Crippen molar-refractivity contribution in [2.75, 3.05) is 59.4 Å². The van der Waals surface area contributed by atoms with Crippen LogP contribution in [-0.4, -0.2) is 75.2 Å². The van der Waals surface area contributed by atoms with Gasteiger partial charge < -0.3 is 20.4 Å². The molecule has 0 aliphatic carbocycles. The summed E-state index contributed by atoms with van der Waals surface area (Å²) in [5, 5.41) is 6.78. The first-order valence-electron chi connectivity index (χ1n) is 10.6. The predicted octanol–water partition coefficient (Wildman–Crippen LogP) is 3.30. The molecule has 1 fully saturated rings.